The molecular formula is C10H11N3O. The molecule has 4 nitrogen and oxygen atoms in total. The van der Waals surface area contributed by atoms with E-state index in [0.29, 0.717) is 6.54 Å². The van der Waals surface area contributed by atoms with Crippen LogP contribution in [0.25, 0.3) is 0 Å². The van der Waals surface area contributed by atoms with Gasteiger partial charge in [-0.05, 0) is 12.1 Å². The van der Waals surface area contributed by atoms with Gasteiger partial charge >= 0.3 is 0 Å². The van der Waals surface area contributed by atoms with Gasteiger partial charge in [-0.3, -0.25) is 4.98 Å². The summed E-state index contributed by atoms with van der Waals surface area (Å²) in [6.07, 6.45) is 7.16. The molecule has 0 unspecified atom stereocenters. The van der Waals surface area contributed by atoms with Crippen LogP contribution in [0.3, 0.4) is 0 Å². The molecule has 0 aliphatic rings. The number of imidazole rings is 1. The standard InChI is InChI=1S/C10H11N3O/c1-14-10-3-2-4-12-9(10)7-13-6-5-11-8-13/h2-6,8H,7H2,1H3. The van der Waals surface area contributed by atoms with Crippen molar-refractivity contribution in [1.82, 2.24) is 14.5 Å². The molecule has 0 aliphatic carbocycles. The van der Waals surface area contributed by atoms with E-state index in [4.69, 9.17) is 4.74 Å². The van der Waals surface area contributed by atoms with Crippen LogP contribution in [0.2, 0.25) is 0 Å². The average Bonchev–Trinajstić information content (AvgIpc) is 2.71. The van der Waals surface area contributed by atoms with Gasteiger partial charge in [0.2, 0.25) is 0 Å². The quantitative estimate of drug-likeness (QED) is 0.731. The molecule has 0 bridgehead atoms. The van der Waals surface area contributed by atoms with Gasteiger partial charge in [0, 0.05) is 18.6 Å². The van der Waals surface area contributed by atoms with Crippen molar-refractivity contribution in [2.24, 2.45) is 0 Å². The molecule has 0 radical (unpaired) electrons. The minimum absolute atomic E-state index is 0.685. The highest BCUT2D eigenvalue weighted by Gasteiger charge is 2.02. The largest absolute Gasteiger partial charge is 0.495 e. The number of hydrogen-bond donors (Lipinski definition) is 0. The fourth-order valence-corrected chi connectivity index (χ4v) is 1.28. The molecule has 0 amide bonds. The maximum Gasteiger partial charge on any atom is 0.142 e. The summed E-state index contributed by atoms with van der Waals surface area (Å²) in [7, 11) is 1.65. The van der Waals surface area contributed by atoms with Crippen LogP contribution >= 0.6 is 0 Å². The van der Waals surface area contributed by atoms with Gasteiger partial charge in [-0.2, -0.15) is 0 Å². The molecule has 2 aromatic rings. The van der Waals surface area contributed by atoms with Crippen molar-refractivity contribution in [3.63, 3.8) is 0 Å². The Morgan fingerprint density at radius 3 is 3.07 bits per heavy atom. The summed E-state index contributed by atoms with van der Waals surface area (Å²) < 4.78 is 7.15. The third-order valence-corrected chi connectivity index (χ3v) is 1.96. The Morgan fingerprint density at radius 2 is 2.36 bits per heavy atom. The summed E-state index contributed by atoms with van der Waals surface area (Å²) in [4.78, 5) is 8.22. The molecule has 72 valence electrons. The van der Waals surface area contributed by atoms with Crippen LogP contribution in [0.5, 0.6) is 5.75 Å². The van der Waals surface area contributed by atoms with Gasteiger partial charge < -0.3 is 9.30 Å². The van der Waals surface area contributed by atoms with Crippen molar-refractivity contribution in [2.45, 2.75) is 6.54 Å². The normalized spacial score (nSPS) is 10.1. The van der Waals surface area contributed by atoms with E-state index in [-0.39, 0.29) is 0 Å². The Labute approximate surface area is 82.2 Å². The molecule has 4 heteroatoms. The maximum atomic E-state index is 5.20. The molecule has 14 heavy (non-hydrogen) atoms. The van der Waals surface area contributed by atoms with E-state index < -0.39 is 0 Å². The third kappa shape index (κ3) is 1.74. The van der Waals surface area contributed by atoms with Gasteiger partial charge in [0.05, 0.1) is 20.0 Å². The highest BCUT2D eigenvalue weighted by atomic mass is 16.5. The van der Waals surface area contributed by atoms with Crippen LogP contribution in [0.4, 0.5) is 0 Å². The van der Waals surface area contributed by atoms with Crippen molar-refractivity contribution < 1.29 is 4.74 Å². The van der Waals surface area contributed by atoms with Crippen LogP contribution in [-0.2, 0) is 6.54 Å². The van der Waals surface area contributed by atoms with Crippen molar-refractivity contribution in [3.05, 3.63) is 42.7 Å². The van der Waals surface area contributed by atoms with Gasteiger partial charge in [-0.25, -0.2) is 4.98 Å². The Hall–Kier alpha value is -1.84. The molecule has 0 aromatic carbocycles. The zero-order valence-electron chi connectivity index (χ0n) is 7.92. The van der Waals surface area contributed by atoms with Crippen LogP contribution in [0, 0.1) is 0 Å². The highest BCUT2D eigenvalue weighted by Crippen LogP contribution is 2.15. The van der Waals surface area contributed by atoms with Crippen molar-refractivity contribution in [1.29, 1.82) is 0 Å². The smallest absolute Gasteiger partial charge is 0.142 e. The van der Waals surface area contributed by atoms with E-state index in [1.54, 1.807) is 25.8 Å². The van der Waals surface area contributed by atoms with Crippen molar-refractivity contribution >= 4 is 0 Å². The molecule has 2 heterocycles. The summed E-state index contributed by atoms with van der Waals surface area (Å²) in [5.74, 6) is 0.807. The van der Waals surface area contributed by atoms with Crippen LogP contribution in [0.15, 0.2) is 37.1 Å². The molecule has 0 N–H and O–H groups in total. The number of pyridine rings is 1. The zero-order valence-corrected chi connectivity index (χ0v) is 7.92. The molecule has 0 fully saturated rings. The molecular weight excluding hydrogens is 178 g/mol. The summed E-state index contributed by atoms with van der Waals surface area (Å²) in [5, 5.41) is 0. The van der Waals surface area contributed by atoms with Crippen LogP contribution in [-0.4, -0.2) is 21.6 Å². The fraction of sp³-hybridized carbons (Fsp3) is 0.200. The van der Waals surface area contributed by atoms with Gasteiger partial charge in [-0.15, -0.1) is 0 Å². The van der Waals surface area contributed by atoms with E-state index in [1.165, 1.54) is 0 Å². The lowest BCUT2D eigenvalue weighted by molar-refractivity contribution is 0.405. The summed E-state index contributed by atoms with van der Waals surface area (Å²) >= 11 is 0. The van der Waals surface area contributed by atoms with Crippen LogP contribution in [0.1, 0.15) is 5.69 Å². The Morgan fingerprint density at radius 1 is 1.43 bits per heavy atom. The van der Waals surface area contributed by atoms with Crippen molar-refractivity contribution in [3.8, 4) is 5.75 Å². The van der Waals surface area contributed by atoms with Crippen molar-refractivity contribution in [2.75, 3.05) is 7.11 Å². The first-order valence-electron chi connectivity index (χ1n) is 4.34. The molecule has 2 rings (SSSR count). The molecule has 2 aromatic heterocycles. The number of rotatable bonds is 3. The van der Waals surface area contributed by atoms with Gasteiger partial charge in [0.1, 0.15) is 11.4 Å². The molecule has 0 spiro atoms. The third-order valence-electron chi connectivity index (χ3n) is 1.96. The number of methoxy groups -OCH3 is 1. The summed E-state index contributed by atoms with van der Waals surface area (Å²) in [5.41, 5.74) is 0.910. The van der Waals surface area contributed by atoms with E-state index in [1.807, 2.05) is 22.9 Å². The number of hydrogen-bond acceptors (Lipinski definition) is 3. The van der Waals surface area contributed by atoms with E-state index >= 15 is 0 Å². The van der Waals surface area contributed by atoms with Gasteiger partial charge in [-0.1, -0.05) is 0 Å². The van der Waals surface area contributed by atoms with E-state index in [2.05, 4.69) is 9.97 Å². The topological polar surface area (TPSA) is 39.9 Å². The zero-order chi connectivity index (χ0) is 9.80. The fourth-order valence-electron chi connectivity index (χ4n) is 1.28. The Kier molecular flexibility index (Phi) is 2.44. The lowest BCUT2D eigenvalue weighted by atomic mass is 10.3. The highest BCUT2D eigenvalue weighted by molar-refractivity contribution is 5.26. The maximum absolute atomic E-state index is 5.20. The van der Waals surface area contributed by atoms with Gasteiger partial charge in [0.15, 0.2) is 0 Å². The minimum Gasteiger partial charge on any atom is -0.495 e. The first-order chi connectivity index (χ1) is 6.90. The molecule has 0 aliphatic heterocycles. The Bertz CT molecular complexity index is 398. The lowest BCUT2D eigenvalue weighted by Gasteiger charge is -2.06. The monoisotopic (exact) mass is 189 g/mol. The predicted octanol–water partition coefficient (Wildman–Crippen LogP) is 1.33. The van der Waals surface area contributed by atoms with Gasteiger partial charge in [0.25, 0.3) is 0 Å². The lowest BCUT2D eigenvalue weighted by Crippen LogP contribution is -2.01. The second kappa shape index (κ2) is 3.91. The minimum atomic E-state index is 0.685. The SMILES string of the molecule is COc1cccnc1Cn1ccnc1. The molecule has 0 atom stereocenters. The second-order valence-corrected chi connectivity index (χ2v) is 2.89. The Balaban J connectivity index is 2.24. The first kappa shape index (κ1) is 8.74. The summed E-state index contributed by atoms with van der Waals surface area (Å²) in [6.45, 7) is 0.685. The number of nitrogens with zero attached hydrogens (tertiary/aromatic N) is 3. The second-order valence-electron chi connectivity index (χ2n) is 2.89. The molecule has 0 saturated heterocycles. The number of aromatic nitrogens is 3. The first-order valence-corrected chi connectivity index (χ1v) is 4.34. The average molecular weight is 189 g/mol. The summed E-state index contributed by atoms with van der Waals surface area (Å²) in [6, 6.07) is 3.76. The van der Waals surface area contributed by atoms with Crippen LogP contribution < -0.4 is 4.74 Å². The predicted molar refractivity (Wildman–Crippen MR) is 52.1 cm³/mol. The number of ether oxygens (including phenoxy) is 1. The van der Waals surface area contributed by atoms with E-state index in [0.717, 1.165) is 11.4 Å². The molecule has 0 saturated carbocycles. The van der Waals surface area contributed by atoms with E-state index in [9.17, 15) is 0 Å².